The zero-order valence-corrected chi connectivity index (χ0v) is 15.0. The number of nitrogens with one attached hydrogen (secondary N) is 1. The van der Waals surface area contributed by atoms with Crippen molar-refractivity contribution in [3.63, 3.8) is 0 Å². The molecule has 0 unspecified atom stereocenters. The Morgan fingerprint density at radius 1 is 1.16 bits per heavy atom. The van der Waals surface area contributed by atoms with Crippen molar-refractivity contribution < 1.29 is 9.53 Å². The van der Waals surface area contributed by atoms with Gasteiger partial charge in [0.25, 0.3) is 0 Å². The summed E-state index contributed by atoms with van der Waals surface area (Å²) in [6.07, 6.45) is 0. The summed E-state index contributed by atoms with van der Waals surface area (Å²) < 4.78 is 5.61. The van der Waals surface area contributed by atoms with Crippen LogP contribution < -0.4 is 10.2 Å². The van der Waals surface area contributed by atoms with E-state index in [4.69, 9.17) is 4.74 Å². The first-order valence-corrected chi connectivity index (χ1v) is 8.55. The van der Waals surface area contributed by atoms with Crippen molar-refractivity contribution in [1.82, 2.24) is 4.90 Å². The molecule has 1 aliphatic rings. The number of amides is 2. The Morgan fingerprint density at radius 3 is 2.64 bits per heavy atom. The molecule has 1 saturated heterocycles. The lowest BCUT2D eigenvalue weighted by molar-refractivity contribution is 0.0148. The van der Waals surface area contributed by atoms with Crippen LogP contribution in [0.3, 0.4) is 0 Å². The van der Waals surface area contributed by atoms with E-state index in [1.165, 1.54) is 0 Å². The molecule has 2 amide bonds. The van der Waals surface area contributed by atoms with Gasteiger partial charge in [-0.05, 0) is 30.2 Å². The number of nitrogens with zero attached hydrogens (tertiary/aromatic N) is 2. The number of urea groups is 1. The van der Waals surface area contributed by atoms with E-state index in [0.29, 0.717) is 19.8 Å². The molecule has 25 heavy (non-hydrogen) atoms. The molecule has 1 aliphatic heterocycles. The fourth-order valence-electron chi connectivity index (χ4n) is 3.23. The van der Waals surface area contributed by atoms with Crippen LogP contribution in [0.2, 0.25) is 0 Å². The van der Waals surface area contributed by atoms with Crippen molar-refractivity contribution in [1.29, 1.82) is 0 Å². The number of morpholine rings is 1. The van der Waals surface area contributed by atoms with Crippen LogP contribution in [0.4, 0.5) is 16.2 Å². The van der Waals surface area contributed by atoms with E-state index in [2.05, 4.69) is 5.32 Å². The Kier molecular flexibility index (Phi) is 5.24. The van der Waals surface area contributed by atoms with Gasteiger partial charge in [0.2, 0.25) is 0 Å². The van der Waals surface area contributed by atoms with Crippen molar-refractivity contribution >= 4 is 17.4 Å². The van der Waals surface area contributed by atoms with Crippen LogP contribution in [0.25, 0.3) is 0 Å². The summed E-state index contributed by atoms with van der Waals surface area (Å²) in [5.41, 5.74) is 4.09. The largest absolute Gasteiger partial charge is 0.377 e. The highest BCUT2D eigenvalue weighted by molar-refractivity contribution is 5.91. The number of anilines is 2. The maximum absolute atomic E-state index is 12.9. The van der Waals surface area contributed by atoms with Crippen LogP contribution in [0, 0.1) is 6.92 Å². The van der Waals surface area contributed by atoms with Crippen LogP contribution >= 0.6 is 0 Å². The molecule has 2 aromatic carbocycles. The van der Waals surface area contributed by atoms with Crippen molar-refractivity contribution in [2.45, 2.75) is 13.0 Å². The van der Waals surface area contributed by atoms with Crippen molar-refractivity contribution in [2.75, 3.05) is 44.1 Å². The lowest BCUT2D eigenvalue weighted by Gasteiger charge is -2.36. The van der Waals surface area contributed by atoms with E-state index in [-0.39, 0.29) is 12.1 Å². The Morgan fingerprint density at radius 2 is 1.92 bits per heavy atom. The van der Waals surface area contributed by atoms with Gasteiger partial charge in [-0.15, -0.1) is 0 Å². The molecule has 132 valence electrons. The summed E-state index contributed by atoms with van der Waals surface area (Å²) in [7, 11) is 4.00. The molecule has 0 aromatic heterocycles. The summed E-state index contributed by atoms with van der Waals surface area (Å²) in [5, 5.41) is 3.08. The van der Waals surface area contributed by atoms with Gasteiger partial charge in [0.05, 0.1) is 19.3 Å². The predicted octanol–water partition coefficient (Wildman–Crippen LogP) is 3.67. The summed E-state index contributed by atoms with van der Waals surface area (Å²) in [6, 6.07) is 15.8. The lowest BCUT2D eigenvalue weighted by Crippen LogP contribution is -2.45. The number of ether oxygens (including phenoxy) is 1. The maximum atomic E-state index is 12.9. The Balaban J connectivity index is 1.81. The van der Waals surface area contributed by atoms with Crippen molar-refractivity contribution in [2.24, 2.45) is 0 Å². The van der Waals surface area contributed by atoms with Crippen molar-refractivity contribution in [3.05, 3.63) is 59.7 Å². The van der Waals surface area contributed by atoms with Gasteiger partial charge in [-0.1, -0.05) is 36.4 Å². The highest BCUT2D eigenvalue weighted by Crippen LogP contribution is 2.28. The molecule has 0 radical (unpaired) electrons. The number of rotatable bonds is 3. The molecule has 0 spiro atoms. The molecule has 1 fully saturated rings. The van der Waals surface area contributed by atoms with E-state index in [1.807, 2.05) is 79.3 Å². The molecule has 1 atom stereocenters. The molecule has 5 nitrogen and oxygen atoms in total. The third-order valence-electron chi connectivity index (χ3n) is 4.60. The zero-order valence-electron chi connectivity index (χ0n) is 15.0. The SMILES string of the molecule is Cc1c(NC(=O)N2CCOC[C@H]2c2ccccc2)cccc1N(C)C. The number of benzene rings is 2. The quantitative estimate of drug-likeness (QED) is 0.928. The summed E-state index contributed by atoms with van der Waals surface area (Å²) in [4.78, 5) is 16.8. The lowest BCUT2D eigenvalue weighted by atomic mass is 10.1. The topological polar surface area (TPSA) is 44.8 Å². The van der Waals surface area contributed by atoms with Crippen LogP contribution in [0.5, 0.6) is 0 Å². The Labute approximate surface area is 149 Å². The molecule has 1 heterocycles. The Bertz CT molecular complexity index is 731. The molecular weight excluding hydrogens is 314 g/mol. The second-order valence-electron chi connectivity index (χ2n) is 6.47. The fourth-order valence-corrected chi connectivity index (χ4v) is 3.23. The van der Waals surface area contributed by atoms with E-state index in [9.17, 15) is 4.79 Å². The summed E-state index contributed by atoms with van der Waals surface area (Å²) in [6.45, 7) is 3.69. The molecule has 5 heteroatoms. The number of hydrogen-bond acceptors (Lipinski definition) is 3. The summed E-state index contributed by atoms with van der Waals surface area (Å²) >= 11 is 0. The molecule has 3 rings (SSSR count). The van der Waals surface area contributed by atoms with Gasteiger partial charge < -0.3 is 19.9 Å². The smallest absolute Gasteiger partial charge is 0.322 e. The van der Waals surface area contributed by atoms with Gasteiger partial charge in [0.15, 0.2) is 0 Å². The van der Waals surface area contributed by atoms with Crippen LogP contribution in [-0.4, -0.2) is 44.8 Å². The minimum absolute atomic E-state index is 0.0627. The highest BCUT2D eigenvalue weighted by Gasteiger charge is 2.28. The molecular formula is C20H25N3O2. The fraction of sp³-hybridized carbons (Fsp3) is 0.350. The van der Waals surface area contributed by atoms with E-state index in [0.717, 1.165) is 22.5 Å². The van der Waals surface area contributed by atoms with Gasteiger partial charge in [-0.3, -0.25) is 0 Å². The number of carbonyl (C=O) groups excluding carboxylic acids is 1. The third-order valence-corrected chi connectivity index (χ3v) is 4.60. The van der Waals surface area contributed by atoms with Crippen LogP contribution in [-0.2, 0) is 4.74 Å². The average molecular weight is 339 g/mol. The first-order valence-electron chi connectivity index (χ1n) is 8.55. The summed E-state index contributed by atoms with van der Waals surface area (Å²) in [5.74, 6) is 0. The minimum Gasteiger partial charge on any atom is -0.377 e. The first-order chi connectivity index (χ1) is 12.1. The highest BCUT2D eigenvalue weighted by atomic mass is 16.5. The van der Waals surface area contributed by atoms with Gasteiger partial charge in [0.1, 0.15) is 0 Å². The standard InChI is InChI=1S/C20H25N3O2/c1-15-17(10-7-11-18(15)22(2)3)21-20(24)23-12-13-25-14-19(23)16-8-5-4-6-9-16/h4-11,19H,12-14H2,1-3H3,(H,21,24)/t19-/m0/s1. The van der Waals surface area contributed by atoms with Gasteiger partial charge in [0, 0.05) is 32.0 Å². The van der Waals surface area contributed by atoms with E-state index >= 15 is 0 Å². The maximum Gasteiger partial charge on any atom is 0.322 e. The van der Waals surface area contributed by atoms with Gasteiger partial charge in [-0.25, -0.2) is 4.79 Å². The molecule has 0 bridgehead atoms. The van der Waals surface area contributed by atoms with Crippen LogP contribution in [0.15, 0.2) is 48.5 Å². The van der Waals surface area contributed by atoms with Crippen molar-refractivity contribution in [3.8, 4) is 0 Å². The van der Waals surface area contributed by atoms with Crippen LogP contribution in [0.1, 0.15) is 17.2 Å². The number of carbonyl (C=O) groups is 1. The predicted molar refractivity (Wildman–Crippen MR) is 101 cm³/mol. The minimum atomic E-state index is -0.0869. The molecule has 2 aromatic rings. The van der Waals surface area contributed by atoms with Gasteiger partial charge in [-0.2, -0.15) is 0 Å². The van der Waals surface area contributed by atoms with Gasteiger partial charge >= 0.3 is 6.03 Å². The monoisotopic (exact) mass is 339 g/mol. The zero-order chi connectivity index (χ0) is 17.8. The van der Waals surface area contributed by atoms with E-state index < -0.39 is 0 Å². The Hall–Kier alpha value is -2.53. The normalized spacial score (nSPS) is 17.2. The average Bonchev–Trinajstić information content (AvgIpc) is 2.64. The molecule has 0 aliphatic carbocycles. The number of hydrogen-bond donors (Lipinski definition) is 1. The second kappa shape index (κ2) is 7.57. The third kappa shape index (κ3) is 3.77. The molecule has 0 saturated carbocycles. The first kappa shape index (κ1) is 17.3. The molecule has 1 N–H and O–H groups in total. The van der Waals surface area contributed by atoms with E-state index in [1.54, 1.807) is 0 Å². The second-order valence-corrected chi connectivity index (χ2v) is 6.47.